The van der Waals surface area contributed by atoms with Crippen LogP contribution in [0.2, 0.25) is 0 Å². The van der Waals surface area contributed by atoms with Crippen LogP contribution in [-0.2, 0) is 6.42 Å². The van der Waals surface area contributed by atoms with E-state index >= 15 is 0 Å². The van der Waals surface area contributed by atoms with Crippen molar-refractivity contribution >= 4 is 29.0 Å². The van der Waals surface area contributed by atoms with Gasteiger partial charge in [-0.25, -0.2) is 0 Å². The van der Waals surface area contributed by atoms with Crippen molar-refractivity contribution in [2.45, 2.75) is 25.2 Å². The highest BCUT2D eigenvalue weighted by atomic mass is 14.2. The van der Waals surface area contributed by atoms with Gasteiger partial charge in [0, 0.05) is 0 Å². The summed E-state index contributed by atoms with van der Waals surface area (Å²) in [6.45, 7) is 0. The van der Waals surface area contributed by atoms with E-state index < -0.39 is 0 Å². The van der Waals surface area contributed by atoms with Gasteiger partial charge in [-0.1, -0.05) is 78.9 Å². The molecule has 0 saturated carbocycles. The first-order valence-electron chi connectivity index (χ1n) is 8.86. The van der Waals surface area contributed by atoms with Gasteiger partial charge >= 0.3 is 0 Å². The van der Waals surface area contributed by atoms with E-state index in [1.807, 2.05) is 0 Å². The van der Waals surface area contributed by atoms with Gasteiger partial charge in [0.2, 0.25) is 0 Å². The Morgan fingerprint density at radius 3 is 2.50 bits per heavy atom. The Morgan fingerprint density at radius 1 is 0.750 bits per heavy atom. The van der Waals surface area contributed by atoms with Gasteiger partial charge in [0.1, 0.15) is 0 Å². The molecule has 0 spiro atoms. The predicted octanol–water partition coefficient (Wildman–Crippen LogP) is 4.55. The zero-order chi connectivity index (χ0) is 15.9. The maximum absolute atomic E-state index is 2.43. The van der Waals surface area contributed by atoms with Crippen molar-refractivity contribution in [3.8, 4) is 0 Å². The third-order valence-electron chi connectivity index (χ3n) is 5.53. The van der Waals surface area contributed by atoms with Crippen LogP contribution in [0.25, 0.3) is 29.0 Å². The number of allylic oxidation sites excluding steroid dienone is 1. The second-order valence-electron chi connectivity index (χ2n) is 6.89. The zero-order valence-corrected chi connectivity index (χ0v) is 13.7. The van der Waals surface area contributed by atoms with Gasteiger partial charge in [0.25, 0.3) is 0 Å². The first kappa shape index (κ1) is 13.8. The van der Waals surface area contributed by atoms with Crippen molar-refractivity contribution in [2.75, 3.05) is 0 Å². The van der Waals surface area contributed by atoms with Crippen molar-refractivity contribution in [1.29, 1.82) is 0 Å². The molecule has 0 aromatic heterocycles. The minimum Gasteiger partial charge on any atom is -0.0801 e. The van der Waals surface area contributed by atoms with Crippen LogP contribution >= 0.6 is 0 Å². The van der Waals surface area contributed by atoms with Crippen molar-refractivity contribution in [3.05, 3.63) is 87.8 Å². The quantitative estimate of drug-likeness (QED) is 0.619. The number of rotatable bonds is 1. The fourth-order valence-electron chi connectivity index (χ4n) is 4.27. The van der Waals surface area contributed by atoms with Crippen LogP contribution in [0.1, 0.15) is 35.4 Å². The Balaban J connectivity index is 1.70. The lowest BCUT2D eigenvalue weighted by Crippen LogP contribution is -2.20. The molecule has 3 aromatic carbocycles. The third kappa shape index (κ3) is 2.14. The Morgan fingerprint density at radius 2 is 1.58 bits per heavy atom. The molecule has 0 fully saturated rings. The van der Waals surface area contributed by atoms with Crippen LogP contribution in [0.5, 0.6) is 0 Å². The van der Waals surface area contributed by atoms with Crippen LogP contribution in [0.3, 0.4) is 0 Å². The van der Waals surface area contributed by atoms with E-state index in [-0.39, 0.29) is 0 Å². The number of fused-ring (bicyclic) bond motifs is 5. The molecule has 1 atom stereocenters. The highest BCUT2D eigenvalue weighted by Gasteiger charge is 2.18. The summed E-state index contributed by atoms with van der Waals surface area (Å²) in [5.41, 5.74) is 4.38. The summed E-state index contributed by atoms with van der Waals surface area (Å²) in [4.78, 5) is 0. The second-order valence-corrected chi connectivity index (χ2v) is 6.89. The van der Waals surface area contributed by atoms with Gasteiger partial charge in [0.05, 0.1) is 0 Å². The van der Waals surface area contributed by atoms with Gasteiger partial charge < -0.3 is 0 Å². The molecule has 0 saturated heterocycles. The minimum atomic E-state index is 0.599. The van der Waals surface area contributed by atoms with E-state index in [1.54, 1.807) is 0 Å². The Kier molecular flexibility index (Phi) is 3.16. The molecule has 2 aliphatic rings. The molecule has 0 N–H and O–H groups in total. The largest absolute Gasteiger partial charge is 0.0801 e. The lowest BCUT2D eigenvalue weighted by atomic mass is 9.82. The van der Waals surface area contributed by atoms with E-state index in [0.29, 0.717) is 5.92 Å². The number of hydrogen-bond donors (Lipinski definition) is 0. The van der Waals surface area contributed by atoms with E-state index in [4.69, 9.17) is 0 Å². The Labute approximate surface area is 142 Å². The SMILES string of the molecule is C1=Cc2c(ccc3c4c(ccc23)=CCC(c2ccccc2)C4)=CC1. The highest BCUT2D eigenvalue weighted by Crippen LogP contribution is 2.30. The molecule has 5 rings (SSSR count). The van der Waals surface area contributed by atoms with Gasteiger partial charge in [-0.2, -0.15) is 0 Å². The standard InChI is InChI=1S/C24H20/c1-2-6-17(7-3-1)20-11-10-19-13-14-22-21-9-5-4-8-18(21)12-15-23(22)24(19)16-20/h1-3,5-10,12-15,20H,4,11,16H2. The van der Waals surface area contributed by atoms with Crippen LogP contribution in [0.15, 0.2) is 60.7 Å². The molecule has 2 aliphatic carbocycles. The van der Waals surface area contributed by atoms with E-state index in [0.717, 1.165) is 19.3 Å². The molecule has 24 heavy (non-hydrogen) atoms. The van der Waals surface area contributed by atoms with E-state index in [2.05, 4.69) is 78.9 Å². The summed E-state index contributed by atoms with van der Waals surface area (Å²) in [7, 11) is 0. The highest BCUT2D eigenvalue weighted by molar-refractivity contribution is 5.94. The average molecular weight is 308 g/mol. The molecule has 116 valence electrons. The molecule has 0 aliphatic heterocycles. The van der Waals surface area contributed by atoms with Crippen molar-refractivity contribution in [1.82, 2.24) is 0 Å². The molecule has 0 bridgehead atoms. The summed E-state index contributed by atoms with van der Waals surface area (Å²) in [5, 5.41) is 5.64. The van der Waals surface area contributed by atoms with Crippen LogP contribution in [-0.4, -0.2) is 0 Å². The summed E-state index contributed by atoms with van der Waals surface area (Å²) in [6.07, 6.45) is 12.6. The summed E-state index contributed by atoms with van der Waals surface area (Å²) in [6, 6.07) is 20.2. The summed E-state index contributed by atoms with van der Waals surface area (Å²) in [5.74, 6) is 0.599. The molecule has 3 aromatic rings. The molecule has 0 heteroatoms. The van der Waals surface area contributed by atoms with Crippen LogP contribution in [0.4, 0.5) is 0 Å². The number of benzene rings is 3. The fraction of sp³-hybridized carbons (Fsp3) is 0.167. The van der Waals surface area contributed by atoms with E-state index in [9.17, 15) is 0 Å². The molecule has 0 radical (unpaired) electrons. The first-order valence-corrected chi connectivity index (χ1v) is 8.86. The maximum atomic E-state index is 2.43. The molecular formula is C24H20. The topological polar surface area (TPSA) is 0 Å². The minimum absolute atomic E-state index is 0.599. The molecule has 0 amide bonds. The molecular weight excluding hydrogens is 288 g/mol. The molecule has 0 heterocycles. The monoisotopic (exact) mass is 308 g/mol. The van der Waals surface area contributed by atoms with Crippen LogP contribution < -0.4 is 10.4 Å². The number of hydrogen-bond acceptors (Lipinski definition) is 0. The first-order chi connectivity index (χ1) is 11.9. The van der Waals surface area contributed by atoms with E-state index in [1.165, 1.54) is 37.9 Å². The normalized spacial score (nSPS) is 18.4. The maximum Gasteiger partial charge on any atom is -0.00862 e. The predicted molar refractivity (Wildman–Crippen MR) is 103 cm³/mol. The van der Waals surface area contributed by atoms with Crippen molar-refractivity contribution < 1.29 is 0 Å². The summed E-state index contributed by atoms with van der Waals surface area (Å²) < 4.78 is 0. The Bertz CT molecular complexity index is 1070. The molecule has 1 unspecified atom stereocenters. The third-order valence-corrected chi connectivity index (χ3v) is 5.53. The zero-order valence-electron chi connectivity index (χ0n) is 13.7. The van der Waals surface area contributed by atoms with Gasteiger partial charge in [-0.05, 0) is 63.1 Å². The van der Waals surface area contributed by atoms with Crippen molar-refractivity contribution in [3.63, 3.8) is 0 Å². The van der Waals surface area contributed by atoms with Crippen molar-refractivity contribution in [2.24, 2.45) is 0 Å². The Hall–Kier alpha value is -2.60. The molecule has 0 nitrogen and oxygen atoms in total. The smallest absolute Gasteiger partial charge is 0.00862 e. The van der Waals surface area contributed by atoms with Crippen LogP contribution in [0, 0.1) is 0 Å². The average Bonchev–Trinajstić information content (AvgIpc) is 2.67. The lowest BCUT2D eigenvalue weighted by Gasteiger charge is -2.22. The second kappa shape index (κ2) is 5.49. The summed E-state index contributed by atoms with van der Waals surface area (Å²) >= 11 is 0. The van der Waals surface area contributed by atoms with Gasteiger partial charge in [0.15, 0.2) is 0 Å². The van der Waals surface area contributed by atoms with Gasteiger partial charge in [-0.15, -0.1) is 0 Å². The van der Waals surface area contributed by atoms with Gasteiger partial charge in [-0.3, -0.25) is 0 Å². The fourth-order valence-corrected chi connectivity index (χ4v) is 4.27. The lowest BCUT2D eigenvalue weighted by molar-refractivity contribution is 0.698.